The highest BCUT2D eigenvalue weighted by atomic mass is 17.5. The molecule has 0 saturated carbocycles. The van der Waals surface area contributed by atoms with Crippen molar-refractivity contribution in [2.45, 2.75) is 44.9 Å². The van der Waals surface area contributed by atoms with E-state index >= 15 is 0 Å². The van der Waals surface area contributed by atoms with Crippen LogP contribution < -0.4 is 24.0 Å². The molecule has 2 unspecified atom stereocenters. The number of phenols is 1. The Balaban J connectivity index is 1.16. The normalized spacial score (nSPS) is 21.5. The van der Waals surface area contributed by atoms with E-state index in [0.29, 0.717) is 49.1 Å². The Morgan fingerprint density at radius 2 is 1.72 bits per heavy atom. The minimum absolute atomic E-state index is 0.143. The lowest BCUT2D eigenvalue weighted by atomic mass is 10.0. The molecule has 0 aliphatic carbocycles. The van der Waals surface area contributed by atoms with Gasteiger partial charge in [-0.25, -0.2) is 0 Å². The van der Waals surface area contributed by atoms with Crippen molar-refractivity contribution in [1.82, 2.24) is 0 Å². The van der Waals surface area contributed by atoms with Gasteiger partial charge in [-0.05, 0) is 61.4 Å². The quantitative estimate of drug-likeness (QED) is 0.476. The highest BCUT2D eigenvalue weighted by Crippen LogP contribution is 2.40. The van der Waals surface area contributed by atoms with Gasteiger partial charge in [0.1, 0.15) is 29.1 Å². The van der Waals surface area contributed by atoms with Crippen molar-refractivity contribution in [2.75, 3.05) is 13.2 Å². The zero-order chi connectivity index (χ0) is 24.7. The fourth-order valence-electron chi connectivity index (χ4n) is 4.34. The molecule has 3 aromatic rings. The number of rotatable bonds is 6. The predicted octanol–water partition coefficient (Wildman–Crippen LogP) is 4.99. The fourth-order valence-corrected chi connectivity index (χ4v) is 4.34. The molecule has 3 aromatic carbocycles. The van der Waals surface area contributed by atoms with Crippen molar-refractivity contribution in [3.63, 3.8) is 0 Å². The maximum atomic E-state index is 10.7. The fraction of sp³-hybridized carbons (Fsp3) is 0.333. The third kappa shape index (κ3) is 4.73. The summed E-state index contributed by atoms with van der Waals surface area (Å²) in [6.07, 6.45) is 0.895. The Morgan fingerprint density at radius 1 is 0.917 bits per heavy atom. The van der Waals surface area contributed by atoms with Crippen LogP contribution in [0.15, 0.2) is 54.6 Å². The van der Waals surface area contributed by atoms with Crippen LogP contribution in [0, 0.1) is 0 Å². The smallest absolute Gasteiger partial charge is 0.316 e. The van der Waals surface area contributed by atoms with Gasteiger partial charge in [0.2, 0.25) is 11.5 Å². The lowest BCUT2D eigenvalue weighted by Crippen LogP contribution is -2.25. The predicted molar refractivity (Wildman–Crippen MR) is 125 cm³/mol. The molecule has 1 N–H and O–H groups in total. The van der Waals surface area contributed by atoms with E-state index in [1.165, 1.54) is 0 Å². The second-order valence-electron chi connectivity index (χ2n) is 9.52. The number of benzene rings is 3. The van der Waals surface area contributed by atoms with Crippen LogP contribution in [0.2, 0.25) is 0 Å². The van der Waals surface area contributed by atoms with Gasteiger partial charge in [-0.2, -0.15) is 0 Å². The van der Waals surface area contributed by atoms with Crippen molar-refractivity contribution in [1.29, 1.82) is 0 Å². The SMILES string of the molecule is CC1(C)COC(Oc2ccc3c(c2)C(Oc2ccc(Cc4ccc5c(c4)OOO5)c(O)c2)CCO3)O1. The Morgan fingerprint density at radius 3 is 2.56 bits per heavy atom. The maximum Gasteiger partial charge on any atom is 0.316 e. The standard InChI is InChI=1S/C27H26O9/c1-27(2)15-30-26(33-27)32-18-6-8-22-20(13-18)23(9-10-29-22)31-19-5-4-17(21(28)14-19)11-16-3-7-24-25(12-16)35-36-34-24/h3-8,12-14,23,26,28H,9-11,15H2,1-2H3. The molecular weight excluding hydrogens is 468 g/mol. The Hall–Kier alpha value is -3.66. The molecule has 188 valence electrons. The van der Waals surface area contributed by atoms with E-state index in [9.17, 15) is 5.11 Å². The van der Waals surface area contributed by atoms with Crippen molar-refractivity contribution < 1.29 is 43.6 Å². The monoisotopic (exact) mass is 494 g/mol. The first-order valence-electron chi connectivity index (χ1n) is 11.8. The summed E-state index contributed by atoms with van der Waals surface area (Å²) < 4.78 is 29.3. The van der Waals surface area contributed by atoms with Crippen LogP contribution >= 0.6 is 0 Å². The third-order valence-electron chi connectivity index (χ3n) is 6.17. The van der Waals surface area contributed by atoms with Gasteiger partial charge in [-0.3, -0.25) is 9.78 Å². The van der Waals surface area contributed by atoms with Crippen LogP contribution in [0.3, 0.4) is 0 Å². The number of fused-ring (bicyclic) bond motifs is 2. The highest BCUT2D eigenvalue weighted by molar-refractivity contribution is 5.48. The van der Waals surface area contributed by atoms with Gasteiger partial charge in [0.05, 0.1) is 18.8 Å². The molecule has 3 aliphatic heterocycles. The molecule has 0 spiro atoms. The van der Waals surface area contributed by atoms with Gasteiger partial charge in [0, 0.05) is 29.5 Å². The molecule has 0 radical (unpaired) electrons. The van der Waals surface area contributed by atoms with E-state index in [1.807, 2.05) is 56.3 Å². The van der Waals surface area contributed by atoms with Gasteiger partial charge in [-0.15, -0.1) is 0 Å². The minimum atomic E-state index is -0.760. The average Bonchev–Trinajstić information content (AvgIpc) is 3.46. The first kappa shape index (κ1) is 22.8. The highest BCUT2D eigenvalue weighted by Gasteiger charge is 2.34. The Kier molecular flexibility index (Phi) is 5.75. The lowest BCUT2D eigenvalue weighted by Gasteiger charge is -2.27. The average molecular weight is 494 g/mol. The van der Waals surface area contributed by atoms with Gasteiger partial charge < -0.3 is 28.8 Å². The Bertz CT molecular complexity index is 1270. The van der Waals surface area contributed by atoms with Gasteiger partial charge in [0.15, 0.2) is 0 Å². The number of phenolic OH excluding ortho intramolecular Hbond substituents is 1. The van der Waals surface area contributed by atoms with Crippen molar-refractivity contribution in [3.8, 4) is 34.5 Å². The maximum absolute atomic E-state index is 10.7. The summed E-state index contributed by atoms with van der Waals surface area (Å²) >= 11 is 0. The van der Waals surface area contributed by atoms with E-state index in [4.69, 9.17) is 33.5 Å². The lowest BCUT2D eigenvalue weighted by molar-refractivity contribution is -0.384. The van der Waals surface area contributed by atoms with Crippen LogP contribution in [-0.2, 0) is 20.9 Å². The van der Waals surface area contributed by atoms with E-state index in [2.05, 4.69) is 5.04 Å². The van der Waals surface area contributed by atoms with Crippen LogP contribution in [0.5, 0.6) is 34.5 Å². The molecule has 36 heavy (non-hydrogen) atoms. The third-order valence-corrected chi connectivity index (χ3v) is 6.17. The van der Waals surface area contributed by atoms with Crippen LogP contribution in [0.25, 0.3) is 0 Å². The minimum Gasteiger partial charge on any atom is -0.508 e. The molecule has 0 amide bonds. The number of hydrogen-bond donors (Lipinski definition) is 1. The number of ether oxygens (including phenoxy) is 5. The second kappa shape index (κ2) is 9.09. The molecule has 0 aromatic heterocycles. The van der Waals surface area contributed by atoms with E-state index in [-0.39, 0.29) is 17.5 Å². The van der Waals surface area contributed by atoms with Gasteiger partial charge >= 0.3 is 6.48 Å². The summed E-state index contributed by atoms with van der Waals surface area (Å²) in [7, 11) is 0. The molecule has 3 aliphatic rings. The molecule has 6 rings (SSSR count). The summed E-state index contributed by atoms with van der Waals surface area (Å²) in [6, 6.07) is 16.4. The second-order valence-corrected chi connectivity index (χ2v) is 9.52. The van der Waals surface area contributed by atoms with E-state index < -0.39 is 6.48 Å². The molecule has 2 atom stereocenters. The Labute approximate surface area is 207 Å². The van der Waals surface area contributed by atoms with Crippen LogP contribution in [0.1, 0.15) is 43.1 Å². The van der Waals surface area contributed by atoms with E-state index in [0.717, 1.165) is 22.4 Å². The van der Waals surface area contributed by atoms with Crippen LogP contribution in [0.4, 0.5) is 0 Å². The molecule has 3 heterocycles. The van der Waals surface area contributed by atoms with Crippen molar-refractivity contribution in [3.05, 3.63) is 71.3 Å². The zero-order valence-corrected chi connectivity index (χ0v) is 19.9. The van der Waals surface area contributed by atoms with E-state index in [1.54, 1.807) is 12.1 Å². The summed E-state index contributed by atoms with van der Waals surface area (Å²) in [5, 5.41) is 15.2. The van der Waals surface area contributed by atoms with Crippen molar-refractivity contribution in [2.24, 2.45) is 0 Å². The number of aromatic hydroxyl groups is 1. The van der Waals surface area contributed by atoms with Crippen molar-refractivity contribution >= 4 is 0 Å². The summed E-state index contributed by atoms with van der Waals surface area (Å²) in [4.78, 5) is 9.83. The zero-order valence-electron chi connectivity index (χ0n) is 19.9. The first-order valence-corrected chi connectivity index (χ1v) is 11.8. The number of hydrogen-bond acceptors (Lipinski definition) is 9. The van der Waals surface area contributed by atoms with Gasteiger partial charge in [-0.1, -0.05) is 12.1 Å². The first-order chi connectivity index (χ1) is 17.4. The van der Waals surface area contributed by atoms with Gasteiger partial charge in [0.25, 0.3) is 0 Å². The molecule has 0 bridgehead atoms. The molecule has 1 fully saturated rings. The largest absolute Gasteiger partial charge is 0.508 e. The summed E-state index contributed by atoms with van der Waals surface area (Å²) in [6.45, 7) is 4.12. The topological polar surface area (TPSA) is 94.1 Å². The summed E-state index contributed by atoms with van der Waals surface area (Å²) in [5.74, 6) is 3.06. The van der Waals surface area contributed by atoms with Crippen LogP contribution in [-0.4, -0.2) is 30.4 Å². The molecular formula is C27H26O9. The molecule has 9 nitrogen and oxygen atoms in total. The summed E-state index contributed by atoms with van der Waals surface area (Å²) in [5.41, 5.74) is 2.17. The molecule has 9 heteroatoms. The molecule has 1 saturated heterocycles.